The number of carbonyl (C=O) groups excluding carboxylic acids is 1. The molecule has 1 aliphatic rings. The molecule has 0 spiro atoms. The summed E-state index contributed by atoms with van der Waals surface area (Å²) in [6, 6.07) is 3.90. The van der Waals surface area contributed by atoms with Crippen molar-refractivity contribution < 1.29 is 14.3 Å². The van der Waals surface area contributed by atoms with Crippen molar-refractivity contribution >= 4 is 34.8 Å². The average Bonchev–Trinajstić information content (AvgIpc) is 3.29. The summed E-state index contributed by atoms with van der Waals surface area (Å²) < 4.78 is 12.4. The van der Waals surface area contributed by atoms with Gasteiger partial charge in [0.15, 0.2) is 0 Å². The van der Waals surface area contributed by atoms with E-state index >= 15 is 0 Å². The first-order valence-electron chi connectivity index (χ1n) is 12.0. The summed E-state index contributed by atoms with van der Waals surface area (Å²) in [4.78, 5) is 37.3. The van der Waals surface area contributed by atoms with Crippen LogP contribution in [0.15, 0.2) is 34.6 Å². The van der Waals surface area contributed by atoms with Crippen LogP contribution in [0.4, 0.5) is 5.82 Å². The van der Waals surface area contributed by atoms with Gasteiger partial charge in [0.05, 0.1) is 29.5 Å². The molecule has 0 amide bonds. The lowest BCUT2D eigenvalue weighted by Gasteiger charge is -2.29. The molecule has 186 valence electrons. The number of pyridine rings is 1. The van der Waals surface area contributed by atoms with E-state index in [1.54, 1.807) is 38.3 Å². The number of carbonyl (C=O) groups is 1. The third-order valence-corrected chi connectivity index (χ3v) is 6.56. The molecule has 8 nitrogen and oxygen atoms in total. The van der Waals surface area contributed by atoms with Gasteiger partial charge in [-0.25, -0.2) is 14.8 Å². The molecule has 35 heavy (non-hydrogen) atoms. The van der Waals surface area contributed by atoms with Gasteiger partial charge in [-0.2, -0.15) is 0 Å². The van der Waals surface area contributed by atoms with E-state index in [2.05, 4.69) is 17.3 Å². The van der Waals surface area contributed by atoms with E-state index in [0.717, 1.165) is 35.5 Å². The van der Waals surface area contributed by atoms with Crippen molar-refractivity contribution in [1.82, 2.24) is 14.4 Å². The predicted molar refractivity (Wildman–Crippen MR) is 138 cm³/mol. The molecular formula is C26H32N4O4S. The Morgan fingerprint density at radius 3 is 2.69 bits per heavy atom. The van der Waals surface area contributed by atoms with Crippen molar-refractivity contribution in [2.75, 3.05) is 31.2 Å². The second-order valence-electron chi connectivity index (χ2n) is 9.47. The van der Waals surface area contributed by atoms with Gasteiger partial charge in [-0.15, -0.1) is 11.3 Å². The van der Waals surface area contributed by atoms with E-state index in [4.69, 9.17) is 14.5 Å². The van der Waals surface area contributed by atoms with Crippen LogP contribution in [0.5, 0.6) is 0 Å². The normalized spacial score (nSPS) is 14.7. The number of hydrogen-bond donors (Lipinski definition) is 0. The zero-order chi connectivity index (χ0) is 25.0. The maximum absolute atomic E-state index is 13.5. The van der Waals surface area contributed by atoms with E-state index in [0.29, 0.717) is 43.3 Å². The number of hydrogen-bond acceptors (Lipinski definition) is 8. The van der Waals surface area contributed by atoms with Crippen LogP contribution in [-0.4, -0.2) is 52.2 Å². The highest BCUT2D eigenvalue weighted by molar-refractivity contribution is 7.09. The van der Waals surface area contributed by atoms with Gasteiger partial charge in [-0.3, -0.25) is 9.20 Å². The van der Waals surface area contributed by atoms with Crippen LogP contribution in [-0.2, 0) is 33.5 Å². The number of rotatable bonds is 7. The summed E-state index contributed by atoms with van der Waals surface area (Å²) in [5.41, 5.74) is 2.32. The van der Waals surface area contributed by atoms with Gasteiger partial charge in [0, 0.05) is 37.2 Å². The highest BCUT2D eigenvalue weighted by atomic mass is 32.1. The number of anilines is 1. The van der Waals surface area contributed by atoms with Gasteiger partial charge >= 0.3 is 5.97 Å². The van der Waals surface area contributed by atoms with E-state index in [9.17, 15) is 9.59 Å². The third-order valence-electron chi connectivity index (χ3n) is 5.60. The Hall–Kier alpha value is -3.04. The molecule has 1 fully saturated rings. The fourth-order valence-corrected chi connectivity index (χ4v) is 4.75. The fraction of sp³-hybridized carbons (Fsp3) is 0.462. The summed E-state index contributed by atoms with van der Waals surface area (Å²) in [6.07, 6.45) is 7.17. The number of thiazole rings is 1. The van der Waals surface area contributed by atoms with Gasteiger partial charge in [0.1, 0.15) is 17.1 Å². The molecule has 9 heteroatoms. The molecule has 3 aromatic heterocycles. The molecule has 0 unspecified atom stereocenters. The number of esters is 1. The van der Waals surface area contributed by atoms with E-state index in [1.165, 1.54) is 16.6 Å². The van der Waals surface area contributed by atoms with Gasteiger partial charge in [0.2, 0.25) is 0 Å². The number of ether oxygens (including phenoxy) is 2. The predicted octanol–water partition coefficient (Wildman–Crippen LogP) is 3.69. The molecule has 4 heterocycles. The quantitative estimate of drug-likeness (QED) is 0.364. The summed E-state index contributed by atoms with van der Waals surface area (Å²) in [7, 11) is 0. The van der Waals surface area contributed by atoms with Crippen molar-refractivity contribution in [2.45, 2.75) is 52.6 Å². The first-order valence-corrected chi connectivity index (χ1v) is 12.8. The maximum Gasteiger partial charge on any atom is 0.331 e. The van der Waals surface area contributed by atoms with Gasteiger partial charge in [0.25, 0.3) is 5.56 Å². The molecule has 0 bridgehead atoms. The Bertz CT molecular complexity index is 1280. The molecule has 0 aromatic carbocycles. The zero-order valence-electron chi connectivity index (χ0n) is 20.7. The summed E-state index contributed by atoms with van der Waals surface area (Å²) in [5, 5.41) is 3.22. The molecule has 1 aliphatic heterocycles. The van der Waals surface area contributed by atoms with Crippen molar-refractivity contribution in [3.05, 3.63) is 62.0 Å². The second kappa shape index (κ2) is 10.7. The lowest BCUT2D eigenvalue weighted by Crippen LogP contribution is -2.38. The molecule has 0 aliphatic carbocycles. The average molecular weight is 497 g/mol. The van der Waals surface area contributed by atoms with Gasteiger partial charge < -0.3 is 14.4 Å². The van der Waals surface area contributed by atoms with Crippen LogP contribution in [0, 0.1) is 0 Å². The van der Waals surface area contributed by atoms with Crippen LogP contribution >= 0.6 is 11.3 Å². The minimum atomic E-state index is -0.613. The highest BCUT2D eigenvalue weighted by Crippen LogP contribution is 2.21. The number of aryl methyl sites for hydroxylation is 3. The molecule has 4 rings (SSSR count). The number of nitrogens with zero attached hydrogens (tertiary/aromatic N) is 4. The summed E-state index contributed by atoms with van der Waals surface area (Å²) in [6.45, 7) is 9.89. The fourth-order valence-electron chi connectivity index (χ4n) is 3.86. The molecule has 0 atom stereocenters. The lowest BCUT2D eigenvalue weighted by atomic mass is 10.1. The van der Waals surface area contributed by atoms with Crippen molar-refractivity contribution in [1.29, 1.82) is 0 Å². The largest absolute Gasteiger partial charge is 0.457 e. The Kier molecular flexibility index (Phi) is 7.66. The lowest BCUT2D eigenvalue weighted by molar-refractivity contribution is -0.148. The van der Waals surface area contributed by atoms with E-state index in [-0.39, 0.29) is 5.56 Å². The topological polar surface area (TPSA) is 86.0 Å². The number of morpholine rings is 1. The Labute approximate surface area is 209 Å². The second-order valence-corrected chi connectivity index (χ2v) is 10.4. The third kappa shape index (κ3) is 6.35. The van der Waals surface area contributed by atoms with Crippen molar-refractivity contribution in [2.24, 2.45) is 0 Å². The first kappa shape index (κ1) is 25.1. The van der Waals surface area contributed by atoms with Crippen LogP contribution < -0.4 is 10.5 Å². The number of fused-ring (bicyclic) bond motifs is 1. The van der Waals surface area contributed by atoms with Crippen LogP contribution in [0.1, 0.15) is 49.5 Å². The monoisotopic (exact) mass is 496 g/mol. The van der Waals surface area contributed by atoms with Crippen LogP contribution in [0.2, 0.25) is 0 Å². The van der Waals surface area contributed by atoms with Gasteiger partial charge in [-0.05, 0) is 57.4 Å². The highest BCUT2D eigenvalue weighted by Gasteiger charge is 2.20. The molecule has 0 N–H and O–H groups in total. The van der Waals surface area contributed by atoms with Crippen molar-refractivity contribution in [3.8, 4) is 0 Å². The van der Waals surface area contributed by atoms with Gasteiger partial charge in [-0.1, -0.05) is 6.92 Å². The SMILES string of the molecule is CCc1csc(CCc2ccn3c(=O)c(/C=C/C(=O)OC(C)(C)C)c(N4CCOCC4)nc3c2)n1. The molecule has 3 aromatic rings. The minimum absolute atomic E-state index is 0.227. The minimum Gasteiger partial charge on any atom is -0.457 e. The Balaban J connectivity index is 1.67. The van der Waals surface area contributed by atoms with E-state index in [1.807, 2.05) is 17.0 Å². The molecule has 0 radical (unpaired) electrons. The van der Waals surface area contributed by atoms with Crippen molar-refractivity contribution in [3.63, 3.8) is 0 Å². The van der Waals surface area contributed by atoms with E-state index < -0.39 is 11.6 Å². The molecule has 1 saturated heterocycles. The smallest absolute Gasteiger partial charge is 0.331 e. The summed E-state index contributed by atoms with van der Waals surface area (Å²) >= 11 is 1.69. The molecular weight excluding hydrogens is 464 g/mol. The Morgan fingerprint density at radius 1 is 1.23 bits per heavy atom. The number of aromatic nitrogens is 3. The van der Waals surface area contributed by atoms with Crippen LogP contribution in [0.25, 0.3) is 11.7 Å². The first-order chi connectivity index (χ1) is 16.7. The standard InChI is InChI=1S/C26H32N4O4S/c1-5-19-17-35-22(27-19)8-6-18-10-11-30-21(16-18)28-24(29-12-14-33-15-13-29)20(25(30)32)7-9-23(31)34-26(2,3)4/h7,9-11,16-17H,5-6,8,12-15H2,1-4H3/b9-7+. The van der Waals surface area contributed by atoms with Crippen LogP contribution in [0.3, 0.4) is 0 Å². The Morgan fingerprint density at radius 2 is 2.00 bits per heavy atom. The summed E-state index contributed by atoms with van der Waals surface area (Å²) in [5.74, 6) is 0.0569. The maximum atomic E-state index is 13.5. The molecule has 0 saturated carbocycles. The zero-order valence-corrected chi connectivity index (χ0v) is 21.6.